The molecule has 1 aromatic heterocycles. The Morgan fingerprint density at radius 1 is 1.07 bits per heavy atom. The van der Waals surface area contributed by atoms with Crippen molar-refractivity contribution < 1.29 is 24.0 Å². The van der Waals surface area contributed by atoms with Crippen molar-refractivity contribution >= 4 is 28.6 Å². The van der Waals surface area contributed by atoms with Crippen LogP contribution in [0.2, 0.25) is 0 Å². The number of para-hydroxylation sites is 1. The second kappa shape index (κ2) is 14.1. The predicted octanol–water partition coefficient (Wildman–Crippen LogP) is 3.50. The third-order valence-electron chi connectivity index (χ3n) is 7.21. The van der Waals surface area contributed by atoms with Gasteiger partial charge in [-0.05, 0) is 42.4 Å². The van der Waals surface area contributed by atoms with Gasteiger partial charge in [0.15, 0.2) is 0 Å². The van der Waals surface area contributed by atoms with Crippen molar-refractivity contribution in [2.45, 2.75) is 64.8 Å². The van der Waals surface area contributed by atoms with E-state index in [1.165, 1.54) is 0 Å². The Morgan fingerprint density at radius 2 is 1.82 bits per heavy atom. The quantitative estimate of drug-likeness (QED) is 0.392. The molecule has 40 heavy (non-hydrogen) atoms. The lowest BCUT2D eigenvalue weighted by Gasteiger charge is -2.29. The van der Waals surface area contributed by atoms with E-state index in [9.17, 15) is 14.4 Å². The largest absolute Gasteiger partial charge is 0.367 e. The first-order chi connectivity index (χ1) is 19.4. The molecule has 3 N–H and O–H groups in total. The summed E-state index contributed by atoms with van der Waals surface area (Å²) >= 11 is 0. The van der Waals surface area contributed by atoms with Crippen LogP contribution >= 0.6 is 0 Å². The number of ether oxygens (including phenoxy) is 1. The predicted molar refractivity (Wildman–Crippen MR) is 153 cm³/mol. The molecular formula is C31H40N4O5. The Bertz CT molecular complexity index is 1290. The highest BCUT2D eigenvalue weighted by Gasteiger charge is 2.37. The van der Waals surface area contributed by atoms with E-state index in [1.807, 2.05) is 62.4 Å². The zero-order valence-electron chi connectivity index (χ0n) is 23.5. The summed E-state index contributed by atoms with van der Waals surface area (Å²) in [5.74, 6) is -1.91. The van der Waals surface area contributed by atoms with E-state index in [0.717, 1.165) is 35.0 Å². The molecule has 0 aliphatic carbocycles. The number of benzene rings is 2. The highest BCUT2D eigenvalue weighted by Crippen LogP contribution is 2.25. The van der Waals surface area contributed by atoms with E-state index in [4.69, 9.17) is 9.57 Å². The molecule has 4 rings (SSSR count). The van der Waals surface area contributed by atoms with E-state index >= 15 is 0 Å². The lowest BCUT2D eigenvalue weighted by Crippen LogP contribution is -2.53. The summed E-state index contributed by atoms with van der Waals surface area (Å²) in [7, 11) is 1.55. The van der Waals surface area contributed by atoms with Crippen LogP contribution in [0.25, 0.3) is 10.9 Å². The molecule has 0 saturated carbocycles. The maximum atomic E-state index is 13.8. The number of hydrogen-bond acceptors (Lipinski definition) is 5. The second-order valence-corrected chi connectivity index (χ2v) is 10.7. The number of aryl methyl sites for hydroxylation is 1. The number of nitrogens with one attached hydrogen (secondary N) is 3. The van der Waals surface area contributed by atoms with Crippen LogP contribution in [0.1, 0.15) is 44.2 Å². The fourth-order valence-electron chi connectivity index (χ4n) is 5.22. The summed E-state index contributed by atoms with van der Waals surface area (Å²) in [6.07, 6.45) is 3.28. The van der Waals surface area contributed by atoms with Crippen LogP contribution in [0.5, 0.6) is 0 Å². The van der Waals surface area contributed by atoms with Crippen molar-refractivity contribution in [2.75, 3.05) is 13.7 Å². The van der Waals surface area contributed by atoms with Gasteiger partial charge in [0.25, 0.3) is 5.91 Å². The van der Waals surface area contributed by atoms with Crippen molar-refractivity contribution in [1.82, 2.24) is 20.7 Å². The van der Waals surface area contributed by atoms with Gasteiger partial charge in [0.1, 0.15) is 12.1 Å². The lowest BCUT2D eigenvalue weighted by atomic mass is 9.90. The molecule has 3 amide bonds. The molecule has 0 fully saturated rings. The number of likely N-dealkylation sites (N-methyl/N-ethyl adjacent to an activating group) is 1. The second-order valence-electron chi connectivity index (χ2n) is 10.7. The number of hydroxylamine groups is 1. The van der Waals surface area contributed by atoms with Gasteiger partial charge in [0, 0.05) is 43.7 Å². The van der Waals surface area contributed by atoms with Crippen LogP contribution < -0.4 is 16.1 Å². The molecular weight excluding hydrogens is 508 g/mol. The van der Waals surface area contributed by atoms with Gasteiger partial charge >= 0.3 is 0 Å². The summed E-state index contributed by atoms with van der Waals surface area (Å²) in [6.45, 7) is 5.25. The number of nitrogens with zero attached hydrogens (tertiary/aromatic N) is 1. The van der Waals surface area contributed by atoms with Gasteiger partial charge in [0.2, 0.25) is 11.8 Å². The fraction of sp³-hybridized carbons (Fsp3) is 0.452. The van der Waals surface area contributed by atoms with E-state index in [0.29, 0.717) is 25.9 Å². The van der Waals surface area contributed by atoms with Gasteiger partial charge < -0.3 is 19.9 Å². The SMILES string of the molecule is CNC(=O)[C@@H]1Cc2cn(c3ccccc23)CCCCO[C@H](C(=O)NOCc2ccccc2)[C@@H](CC(C)C)C(=O)N1. The molecule has 1 aliphatic rings. The van der Waals surface area contributed by atoms with Crippen molar-refractivity contribution in [3.8, 4) is 0 Å². The first kappa shape index (κ1) is 29.3. The zero-order valence-corrected chi connectivity index (χ0v) is 23.5. The van der Waals surface area contributed by atoms with Gasteiger partial charge in [-0.1, -0.05) is 62.4 Å². The van der Waals surface area contributed by atoms with E-state index in [2.05, 4.69) is 32.9 Å². The fourth-order valence-corrected chi connectivity index (χ4v) is 5.22. The van der Waals surface area contributed by atoms with Crippen LogP contribution in [-0.4, -0.2) is 48.1 Å². The molecule has 2 bridgehead atoms. The normalized spacial score (nSPS) is 20.5. The van der Waals surface area contributed by atoms with E-state index in [1.54, 1.807) is 7.05 Å². The van der Waals surface area contributed by atoms with Gasteiger partial charge in [-0.3, -0.25) is 19.2 Å². The maximum Gasteiger partial charge on any atom is 0.273 e. The van der Waals surface area contributed by atoms with E-state index in [-0.39, 0.29) is 18.4 Å². The zero-order chi connectivity index (χ0) is 28.5. The molecule has 0 saturated heterocycles. The Labute approximate surface area is 235 Å². The first-order valence-corrected chi connectivity index (χ1v) is 14.0. The Hall–Kier alpha value is -3.69. The monoisotopic (exact) mass is 548 g/mol. The molecule has 1 aliphatic heterocycles. The van der Waals surface area contributed by atoms with Crippen molar-refractivity contribution in [2.24, 2.45) is 11.8 Å². The third-order valence-corrected chi connectivity index (χ3v) is 7.21. The molecule has 2 heterocycles. The number of carbonyl (C=O) groups is 3. The number of aromatic nitrogens is 1. The first-order valence-electron chi connectivity index (χ1n) is 14.0. The maximum absolute atomic E-state index is 13.8. The standard InChI is InChI=1S/C31H40N4O5/c1-21(2)17-25-28(31(38)34-40-20-22-11-5-4-6-12-22)39-16-10-9-15-35-19-23(24-13-7-8-14-27(24)35)18-26(30(37)32-3)33-29(25)36/h4-8,11-14,19,21,25-26,28H,9-10,15-18,20H2,1-3H3,(H,32,37)(H,33,36)(H,34,38)/t25-,26+,28+/m1/s1. The molecule has 0 unspecified atom stereocenters. The minimum Gasteiger partial charge on any atom is -0.367 e. The Morgan fingerprint density at radius 3 is 2.58 bits per heavy atom. The summed E-state index contributed by atoms with van der Waals surface area (Å²) in [4.78, 5) is 45.6. The van der Waals surface area contributed by atoms with E-state index < -0.39 is 29.9 Å². The topological polar surface area (TPSA) is 111 Å². The average molecular weight is 549 g/mol. The van der Waals surface area contributed by atoms with Gasteiger partial charge in [0.05, 0.1) is 12.5 Å². The Kier molecular flexibility index (Phi) is 10.3. The molecule has 3 aromatic rings. The number of hydrogen-bond donors (Lipinski definition) is 3. The highest BCUT2D eigenvalue weighted by atomic mass is 16.7. The van der Waals surface area contributed by atoms with Crippen molar-refractivity contribution in [1.29, 1.82) is 0 Å². The van der Waals surface area contributed by atoms with Crippen LogP contribution in [0.3, 0.4) is 0 Å². The molecule has 0 radical (unpaired) electrons. The molecule has 2 aromatic carbocycles. The molecule has 3 atom stereocenters. The minimum absolute atomic E-state index is 0.107. The smallest absolute Gasteiger partial charge is 0.273 e. The molecule has 0 spiro atoms. The summed E-state index contributed by atoms with van der Waals surface area (Å²) < 4.78 is 8.30. The average Bonchev–Trinajstić information content (AvgIpc) is 3.30. The number of fused-ring (bicyclic) bond motifs is 5. The number of carbonyl (C=O) groups excluding carboxylic acids is 3. The van der Waals surface area contributed by atoms with Crippen molar-refractivity contribution in [3.63, 3.8) is 0 Å². The van der Waals surface area contributed by atoms with Gasteiger partial charge in [-0.2, -0.15) is 0 Å². The summed E-state index contributed by atoms with van der Waals surface area (Å²) in [5.41, 5.74) is 5.47. The minimum atomic E-state index is -1.07. The molecule has 9 nitrogen and oxygen atoms in total. The molecule has 214 valence electrons. The Balaban J connectivity index is 1.60. The van der Waals surface area contributed by atoms with Gasteiger partial charge in [-0.25, -0.2) is 5.48 Å². The van der Waals surface area contributed by atoms with Crippen LogP contribution in [0, 0.1) is 11.8 Å². The highest BCUT2D eigenvalue weighted by molar-refractivity contribution is 5.93. The van der Waals surface area contributed by atoms with Crippen molar-refractivity contribution in [3.05, 3.63) is 71.9 Å². The number of amides is 3. The third kappa shape index (κ3) is 7.49. The lowest BCUT2D eigenvalue weighted by molar-refractivity contribution is -0.156. The van der Waals surface area contributed by atoms with Crippen LogP contribution in [-0.2, 0) is 43.5 Å². The van der Waals surface area contributed by atoms with Crippen LogP contribution in [0.15, 0.2) is 60.8 Å². The van der Waals surface area contributed by atoms with Crippen LogP contribution in [0.4, 0.5) is 0 Å². The number of rotatable bonds is 7. The van der Waals surface area contributed by atoms with Gasteiger partial charge in [-0.15, -0.1) is 0 Å². The molecule has 9 heteroatoms. The summed E-state index contributed by atoms with van der Waals surface area (Å²) in [6, 6.07) is 16.8. The summed E-state index contributed by atoms with van der Waals surface area (Å²) in [5, 5.41) is 6.68.